The first-order valence-electron chi connectivity index (χ1n) is 4.50. The maximum Gasteiger partial charge on any atom is 0.573 e. The van der Waals surface area contributed by atoms with Crippen molar-refractivity contribution < 1.29 is 36.5 Å². The second-order valence-electron chi connectivity index (χ2n) is 3.02. The Bertz CT molecular complexity index is 421. The topological polar surface area (TPSA) is 51.6 Å². The summed E-state index contributed by atoms with van der Waals surface area (Å²) in [6.07, 6.45) is -7.66. The second kappa shape index (κ2) is 5.34. The van der Waals surface area contributed by atoms with E-state index in [2.05, 4.69) is 14.5 Å². The van der Waals surface area contributed by atoms with E-state index in [4.69, 9.17) is 5.11 Å². The van der Waals surface area contributed by atoms with Crippen LogP contribution in [-0.2, 0) is 6.61 Å². The molecule has 0 radical (unpaired) electrons. The van der Waals surface area contributed by atoms with Crippen molar-refractivity contribution in [3.8, 4) is 11.5 Å². The molecular formula is C9H8F5NO3. The largest absolute Gasteiger partial charge is 0.573 e. The molecule has 0 fully saturated rings. The Morgan fingerprint density at radius 3 is 2.39 bits per heavy atom. The number of aliphatic hydroxyl groups excluding tert-OH is 1. The van der Waals surface area contributed by atoms with Crippen LogP contribution in [0.5, 0.6) is 11.5 Å². The van der Waals surface area contributed by atoms with Gasteiger partial charge in [-0.1, -0.05) is 0 Å². The van der Waals surface area contributed by atoms with Gasteiger partial charge in [-0.15, -0.1) is 13.2 Å². The normalized spacial score (nSPS) is 11.8. The molecule has 0 aromatic carbocycles. The van der Waals surface area contributed by atoms with Crippen molar-refractivity contribution in [2.24, 2.45) is 0 Å². The average molecular weight is 273 g/mol. The Kier molecular flexibility index (Phi) is 4.28. The van der Waals surface area contributed by atoms with E-state index in [1.165, 1.54) is 0 Å². The number of ether oxygens (including phenoxy) is 2. The van der Waals surface area contributed by atoms with Crippen LogP contribution in [0.2, 0.25) is 0 Å². The van der Waals surface area contributed by atoms with Gasteiger partial charge in [0.15, 0.2) is 5.75 Å². The number of hydrogen-bond acceptors (Lipinski definition) is 4. The van der Waals surface area contributed by atoms with Crippen molar-refractivity contribution in [2.75, 3.05) is 7.11 Å². The summed E-state index contributed by atoms with van der Waals surface area (Å²) in [5, 5.41) is 8.79. The number of alkyl halides is 5. The standard InChI is InChI=1S/C9H8F5NO3/c1-17-5-2-15-4(3-16)7(6(5)8(10)11)18-9(12,13)14/h2,8,16H,3H2,1H3. The van der Waals surface area contributed by atoms with Gasteiger partial charge in [0.2, 0.25) is 0 Å². The van der Waals surface area contributed by atoms with Gasteiger partial charge < -0.3 is 14.6 Å². The fourth-order valence-corrected chi connectivity index (χ4v) is 1.24. The summed E-state index contributed by atoms with van der Waals surface area (Å²) >= 11 is 0. The molecule has 18 heavy (non-hydrogen) atoms. The number of nitrogens with zero attached hydrogens (tertiary/aromatic N) is 1. The van der Waals surface area contributed by atoms with E-state index in [-0.39, 0.29) is 0 Å². The zero-order chi connectivity index (χ0) is 13.9. The van der Waals surface area contributed by atoms with Gasteiger partial charge in [-0.2, -0.15) is 0 Å². The molecule has 1 aromatic heterocycles. The first-order chi connectivity index (χ1) is 8.30. The molecule has 0 amide bonds. The molecule has 0 aliphatic rings. The SMILES string of the molecule is COc1cnc(CO)c(OC(F)(F)F)c1C(F)F. The van der Waals surface area contributed by atoms with Gasteiger partial charge in [0.05, 0.1) is 19.9 Å². The third-order valence-corrected chi connectivity index (χ3v) is 1.92. The number of aromatic nitrogens is 1. The first kappa shape index (κ1) is 14.4. The highest BCUT2D eigenvalue weighted by molar-refractivity contribution is 5.47. The van der Waals surface area contributed by atoms with Crippen LogP contribution in [0.3, 0.4) is 0 Å². The second-order valence-corrected chi connectivity index (χ2v) is 3.02. The molecule has 1 N–H and O–H groups in total. The van der Waals surface area contributed by atoms with Crippen LogP contribution in [0.15, 0.2) is 6.20 Å². The number of pyridine rings is 1. The number of hydrogen-bond donors (Lipinski definition) is 1. The van der Waals surface area contributed by atoms with Crippen molar-refractivity contribution in [1.29, 1.82) is 0 Å². The Morgan fingerprint density at radius 2 is 2.00 bits per heavy atom. The maximum absolute atomic E-state index is 12.7. The lowest BCUT2D eigenvalue weighted by atomic mass is 10.2. The molecule has 1 rings (SSSR count). The van der Waals surface area contributed by atoms with Crippen molar-refractivity contribution >= 4 is 0 Å². The molecule has 0 atom stereocenters. The molecule has 4 nitrogen and oxygen atoms in total. The fourth-order valence-electron chi connectivity index (χ4n) is 1.24. The van der Waals surface area contributed by atoms with E-state index in [1.54, 1.807) is 0 Å². The highest BCUT2D eigenvalue weighted by Gasteiger charge is 2.36. The van der Waals surface area contributed by atoms with Gasteiger partial charge in [-0.3, -0.25) is 4.98 Å². The van der Waals surface area contributed by atoms with E-state index in [1.807, 2.05) is 0 Å². The van der Waals surface area contributed by atoms with Crippen LogP contribution >= 0.6 is 0 Å². The number of aliphatic hydroxyl groups is 1. The van der Waals surface area contributed by atoms with Gasteiger partial charge in [0.1, 0.15) is 17.0 Å². The van der Waals surface area contributed by atoms with Crippen molar-refractivity contribution in [2.45, 2.75) is 19.4 Å². The molecule has 9 heteroatoms. The Morgan fingerprint density at radius 1 is 1.39 bits per heavy atom. The Labute approximate surface area is 98.0 Å². The summed E-state index contributed by atoms with van der Waals surface area (Å²) in [6.45, 7) is -0.977. The summed E-state index contributed by atoms with van der Waals surface area (Å²) in [6, 6.07) is 0. The van der Waals surface area contributed by atoms with E-state index in [0.717, 1.165) is 13.3 Å². The maximum atomic E-state index is 12.7. The molecule has 102 valence electrons. The zero-order valence-corrected chi connectivity index (χ0v) is 8.96. The zero-order valence-electron chi connectivity index (χ0n) is 8.96. The lowest BCUT2D eigenvalue weighted by Gasteiger charge is -2.17. The molecule has 0 saturated carbocycles. The van der Waals surface area contributed by atoms with E-state index in [0.29, 0.717) is 0 Å². The van der Waals surface area contributed by atoms with E-state index >= 15 is 0 Å². The van der Waals surface area contributed by atoms with Gasteiger partial charge in [0.25, 0.3) is 6.43 Å². The predicted molar refractivity (Wildman–Crippen MR) is 48.4 cm³/mol. The fraction of sp³-hybridized carbons (Fsp3) is 0.444. The highest BCUT2D eigenvalue weighted by atomic mass is 19.4. The Balaban J connectivity index is 3.40. The smallest absolute Gasteiger partial charge is 0.494 e. The van der Waals surface area contributed by atoms with Crippen LogP contribution in [0.1, 0.15) is 17.7 Å². The number of methoxy groups -OCH3 is 1. The van der Waals surface area contributed by atoms with Gasteiger partial charge in [-0.05, 0) is 0 Å². The molecule has 0 bridgehead atoms. The van der Waals surface area contributed by atoms with Crippen LogP contribution in [0, 0.1) is 0 Å². The molecule has 1 heterocycles. The summed E-state index contributed by atoms with van der Waals surface area (Å²) < 4.78 is 69.8. The molecular weight excluding hydrogens is 265 g/mol. The molecule has 0 spiro atoms. The van der Waals surface area contributed by atoms with Crippen LogP contribution in [-0.4, -0.2) is 23.6 Å². The average Bonchev–Trinajstić information content (AvgIpc) is 2.25. The quantitative estimate of drug-likeness (QED) is 0.856. The van der Waals surface area contributed by atoms with Crippen LogP contribution in [0.25, 0.3) is 0 Å². The minimum atomic E-state index is -5.18. The van der Waals surface area contributed by atoms with Crippen LogP contribution < -0.4 is 9.47 Å². The van der Waals surface area contributed by atoms with Gasteiger partial charge in [0, 0.05) is 0 Å². The minimum absolute atomic E-state index is 0.554. The van der Waals surface area contributed by atoms with E-state index < -0.39 is 42.2 Å². The van der Waals surface area contributed by atoms with Crippen LogP contribution in [0.4, 0.5) is 22.0 Å². The predicted octanol–water partition coefficient (Wildman–Crippen LogP) is 2.42. The Hall–Kier alpha value is -1.64. The lowest BCUT2D eigenvalue weighted by molar-refractivity contribution is -0.275. The van der Waals surface area contributed by atoms with E-state index in [9.17, 15) is 22.0 Å². The monoisotopic (exact) mass is 273 g/mol. The summed E-state index contributed by atoms with van der Waals surface area (Å²) in [4.78, 5) is 3.36. The van der Waals surface area contributed by atoms with Gasteiger partial charge >= 0.3 is 6.36 Å². The third kappa shape index (κ3) is 3.19. The summed E-state index contributed by atoms with van der Waals surface area (Å²) in [5.41, 5.74) is -1.75. The number of halogens is 5. The lowest BCUT2D eigenvalue weighted by Crippen LogP contribution is -2.20. The van der Waals surface area contributed by atoms with Crippen molar-refractivity contribution in [3.05, 3.63) is 17.5 Å². The van der Waals surface area contributed by atoms with Crippen molar-refractivity contribution in [1.82, 2.24) is 4.98 Å². The summed E-state index contributed by atoms with van der Waals surface area (Å²) in [7, 11) is 0.999. The number of rotatable bonds is 4. The minimum Gasteiger partial charge on any atom is -0.494 e. The molecule has 0 saturated heterocycles. The van der Waals surface area contributed by atoms with Gasteiger partial charge in [-0.25, -0.2) is 8.78 Å². The third-order valence-electron chi connectivity index (χ3n) is 1.92. The summed E-state index contributed by atoms with van der Waals surface area (Å²) in [5.74, 6) is -1.79. The molecule has 0 aliphatic carbocycles. The highest BCUT2D eigenvalue weighted by Crippen LogP contribution is 2.40. The molecule has 0 unspecified atom stereocenters. The molecule has 0 aliphatic heterocycles. The molecule has 1 aromatic rings. The first-order valence-corrected chi connectivity index (χ1v) is 4.50. The van der Waals surface area contributed by atoms with Crippen molar-refractivity contribution in [3.63, 3.8) is 0 Å².